The number of aromatic nitrogens is 1. The van der Waals surface area contributed by atoms with Gasteiger partial charge in [0.1, 0.15) is 5.69 Å². The van der Waals surface area contributed by atoms with Gasteiger partial charge in [0.25, 0.3) is 0 Å². The molecule has 0 atom stereocenters. The van der Waals surface area contributed by atoms with E-state index in [1.165, 1.54) is 0 Å². The van der Waals surface area contributed by atoms with Crippen molar-refractivity contribution in [1.82, 2.24) is 5.16 Å². The average molecular weight is 359 g/mol. The summed E-state index contributed by atoms with van der Waals surface area (Å²) >= 11 is 5.58. The van der Waals surface area contributed by atoms with Gasteiger partial charge in [-0.2, -0.15) is 13.2 Å². The Morgan fingerprint density at radius 2 is 1.96 bits per heavy atom. The minimum absolute atomic E-state index is 0.0257. The number of rotatable bonds is 4. The molecular formula is C15H8ClF3NO4-. The molecule has 1 aliphatic carbocycles. The first-order valence-electron chi connectivity index (χ1n) is 6.82. The van der Waals surface area contributed by atoms with Crippen molar-refractivity contribution in [2.75, 3.05) is 0 Å². The van der Waals surface area contributed by atoms with Gasteiger partial charge in [0, 0.05) is 16.5 Å². The van der Waals surface area contributed by atoms with Gasteiger partial charge in [-0.05, 0) is 31.0 Å². The standard InChI is InChI=1S/C15H9ClF3NO4/c16-7-3-4-8(9(5-7)15(17,18)19)12(21)10-11(14(22)23)20-24-13(10)6-1-2-6/h3-6H,1-2H2,(H,22,23)/p-1. The predicted molar refractivity (Wildman–Crippen MR) is 72.7 cm³/mol. The van der Waals surface area contributed by atoms with E-state index in [1.807, 2.05) is 0 Å². The lowest BCUT2D eigenvalue weighted by molar-refractivity contribution is -0.255. The van der Waals surface area contributed by atoms with E-state index in [9.17, 15) is 27.9 Å². The Balaban J connectivity index is 2.17. The molecule has 0 N–H and O–H groups in total. The molecule has 2 aromatic rings. The molecule has 0 bridgehead atoms. The number of ketones is 1. The molecule has 3 rings (SSSR count). The van der Waals surface area contributed by atoms with E-state index >= 15 is 0 Å². The molecule has 9 heteroatoms. The first-order valence-corrected chi connectivity index (χ1v) is 7.20. The number of nitrogens with zero attached hydrogens (tertiary/aromatic N) is 1. The molecule has 1 fully saturated rings. The SMILES string of the molecule is O=C([O-])c1noc(C2CC2)c1C(=O)c1ccc(Cl)cc1C(F)(F)F. The molecule has 0 amide bonds. The highest BCUT2D eigenvalue weighted by molar-refractivity contribution is 6.31. The van der Waals surface area contributed by atoms with E-state index in [1.54, 1.807) is 0 Å². The quantitative estimate of drug-likeness (QED) is 0.785. The third-order valence-corrected chi connectivity index (χ3v) is 3.85. The topological polar surface area (TPSA) is 83.2 Å². The summed E-state index contributed by atoms with van der Waals surface area (Å²) in [6.45, 7) is 0. The Morgan fingerprint density at radius 1 is 1.29 bits per heavy atom. The van der Waals surface area contributed by atoms with E-state index in [0.717, 1.165) is 12.1 Å². The van der Waals surface area contributed by atoms with Crippen molar-refractivity contribution < 1.29 is 32.4 Å². The number of alkyl halides is 3. The van der Waals surface area contributed by atoms with Crippen molar-refractivity contribution in [3.63, 3.8) is 0 Å². The van der Waals surface area contributed by atoms with Gasteiger partial charge < -0.3 is 14.4 Å². The van der Waals surface area contributed by atoms with Gasteiger partial charge in [-0.1, -0.05) is 16.8 Å². The lowest BCUT2D eigenvalue weighted by atomic mass is 9.95. The Bertz CT molecular complexity index is 840. The highest BCUT2D eigenvalue weighted by atomic mass is 35.5. The lowest BCUT2D eigenvalue weighted by Crippen LogP contribution is -2.26. The van der Waals surface area contributed by atoms with Crippen LogP contribution in [0.25, 0.3) is 0 Å². The molecule has 0 aliphatic heterocycles. The zero-order valence-corrected chi connectivity index (χ0v) is 12.6. The number of carbonyl (C=O) groups excluding carboxylic acids is 2. The Labute approximate surface area is 138 Å². The first-order chi connectivity index (χ1) is 11.2. The molecule has 1 heterocycles. The number of hydrogen-bond acceptors (Lipinski definition) is 5. The molecule has 1 aliphatic rings. The van der Waals surface area contributed by atoms with Gasteiger partial charge >= 0.3 is 6.18 Å². The zero-order chi connectivity index (χ0) is 17.6. The summed E-state index contributed by atoms with van der Waals surface area (Å²) in [6.07, 6.45) is -3.57. The van der Waals surface area contributed by atoms with Crippen LogP contribution in [0.3, 0.4) is 0 Å². The fourth-order valence-corrected chi connectivity index (χ4v) is 2.54. The van der Waals surface area contributed by atoms with Gasteiger partial charge in [-0.25, -0.2) is 0 Å². The van der Waals surface area contributed by atoms with Crippen LogP contribution >= 0.6 is 11.6 Å². The molecule has 126 valence electrons. The molecular weight excluding hydrogens is 351 g/mol. The van der Waals surface area contributed by atoms with Gasteiger partial charge in [-0.15, -0.1) is 0 Å². The van der Waals surface area contributed by atoms with Gasteiger partial charge in [0.15, 0.2) is 11.5 Å². The maximum absolute atomic E-state index is 13.2. The van der Waals surface area contributed by atoms with Crippen LogP contribution < -0.4 is 5.11 Å². The zero-order valence-electron chi connectivity index (χ0n) is 11.8. The fourth-order valence-electron chi connectivity index (χ4n) is 2.37. The molecule has 1 saturated carbocycles. The van der Waals surface area contributed by atoms with Gasteiger partial charge in [-0.3, -0.25) is 4.79 Å². The molecule has 0 spiro atoms. The van der Waals surface area contributed by atoms with Crippen LogP contribution in [0, 0.1) is 0 Å². The molecule has 5 nitrogen and oxygen atoms in total. The number of carbonyl (C=O) groups is 2. The normalized spacial score (nSPS) is 14.7. The number of hydrogen-bond donors (Lipinski definition) is 0. The third kappa shape index (κ3) is 2.89. The van der Waals surface area contributed by atoms with Crippen LogP contribution in [0.1, 0.15) is 56.5 Å². The average Bonchev–Trinajstić information content (AvgIpc) is 3.23. The summed E-state index contributed by atoms with van der Waals surface area (Å²) in [5.74, 6) is -3.19. The largest absolute Gasteiger partial charge is 0.543 e. The van der Waals surface area contributed by atoms with Crippen LogP contribution in [0.2, 0.25) is 5.02 Å². The number of carboxylic acids is 1. The molecule has 0 radical (unpaired) electrons. The molecule has 24 heavy (non-hydrogen) atoms. The monoisotopic (exact) mass is 358 g/mol. The van der Waals surface area contributed by atoms with Crippen molar-refractivity contribution in [2.45, 2.75) is 24.9 Å². The molecule has 1 aromatic heterocycles. The lowest BCUT2D eigenvalue weighted by Gasteiger charge is -2.13. The smallest absolute Gasteiger partial charge is 0.417 e. The van der Waals surface area contributed by atoms with Crippen molar-refractivity contribution >= 4 is 23.4 Å². The highest BCUT2D eigenvalue weighted by Gasteiger charge is 2.40. The third-order valence-electron chi connectivity index (χ3n) is 3.62. The van der Waals surface area contributed by atoms with Crippen LogP contribution in [0.15, 0.2) is 22.7 Å². The van der Waals surface area contributed by atoms with E-state index in [-0.39, 0.29) is 16.7 Å². The minimum Gasteiger partial charge on any atom is -0.543 e. The summed E-state index contributed by atoms with van der Waals surface area (Å²) < 4.78 is 44.4. The second kappa shape index (κ2) is 5.62. The summed E-state index contributed by atoms with van der Waals surface area (Å²) in [7, 11) is 0. The predicted octanol–water partition coefficient (Wildman–Crippen LogP) is 2.82. The first kappa shape index (κ1) is 16.5. The fraction of sp³-hybridized carbons (Fsp3) is 0.267. The van der Waals surface area contributed by atoms with Crippen molar-refractivity contribution in [2.24, 2.45) is 0 Å². The Kier molecular flexibility index (Phi) is 3.87. The summed E-state index contributed by atoms with van der Waals surface area (Å²) in [5.41, 5.74) is -3.28. The van der Waals surface area contributed by atoms with E-state index < -0.39 is 40.3 Å². The Morgan fingerprint density at radius 3 is 2.50 bits per heavy atom. The van der Waals surface area contributed by atoms with Crippen molar-refractivity contribution in [3.05, 3.63) is 51.4 Å². The number of carboxylic acid groups (broad SMARTS) is 1. The molecule has 1 aromatic carbocycles. The van der Waals surface area contributed by atoms with Gasteiger partial charge in [0.2, 0.25) is 0 Å². The van der Waals surface area contributed by atoms with Gasteiger partial charge in [0.05, 0.1) is 17.1 Å². The maximum atomic E-state index is 13.2. The van der Waals surface area contributed by atoms with E-state index in [0.29, 0.717) is 18.9 Å². The Hall–Kier alpha value is -2.35. The number of halogens is 4. The van der Waals surface area contributed by atoms with Crippen molar-refractivity contribution in [1.29, 1.82) is 0 Å². The van der Waals surface area contributed by atoms with Crippen molar-refractivity contribution in [3.8, 4) is 0 Å². The van der Waals surface area contributed by atoms with E-state index in [4.69, 9.17) is 16.1 Å². The second-order valence-electron chi connectivity index (χ2n) is 5.35. The van der Waals surface area contributed by atoms with Crippen LogP contribution in [0.4, 0.5) is 13.2 Å². The van der Waals surface area contributed by atoms with Crippen LogP contribution in [-0.2, 0) is 6.18 Å². The molecule has 0 unspecified atom stereocenters. The minimum atomic E-state index is -4.84. The number of aromatic carboxylic acids is 1. The molecule has 0 saturated heterocycles. The van der Waals surface area contributed by atoms with E-state index in [2.05, 4.69) is 5.16 Å². The van der Waals surface area contributed by atoms with Crippen LogP contribution in [0.5, 0.6) is 0 Å². The summed E-state index contributed by atoms with van der Waals surface area (Å²) in [4.78, 5) is 23.8. The second-order valence-corrected chi connectivity index (χ2v) is 5.79. The highest BCUT2D eigenvalue weighted by Crippen LogP contribution is 2.43. The summed E-state index contributed by atoms with van der Waals surface area (Å²) in [6, 6.07) is 2.63. The summed E-state index contributed by atoms with van der Waals surface area (Å²) in [5, 5.41) is 14.2. The number of benzene rings is 1. The van der Waals surface area contributed by atoms with Crippen LogP contribution in [-0.4, -0.2) is 16.9 Å². The maximum Gasteiger partial charge on any atom is 0.417 e.